The summed E-state index contributed by atoms with van der Waals surface area (Å²) in [4.78, 5) is 11.5. The third-order valence-corrected chi connectivity index (χ3v) is 2.58. The van der Waals surface area contributed by atoms with E-state index in [0.717, 1.165) is 5.56 Å². The summed E-state index contributed by atoms with van der Waals surface area (Å²) in [6, 6.07) is 6.34. The molecule has 0 aliphatic heterocycles. The van der Waals surface area contributed by atoms with E-state index in [0.29, 0.717) is 12.2 Å². The zero-order valence-electron chi connectivity index (χ0n) is 9.42. The Balaban J connectivity index is 3.00. The Morgan fingerprint density at radius 3 is 2.14 bits per heavy atom. The van der Waals surface area contributed by atoms with E-state index in [-0.39, 0.29) is 5.92 Å². The van der Waals surface area contributed by atoms with Gasteiger partial charge in [-0.1, -0.05) is 43.2 Å². The molecule has 1 rings (SSSR count). The summed E-state index contributed by atoms with van der Waals surface area (Å²) in [5.41, 5.74) is 3.61. The highest BCUT2D eigenvalue weighted by Gasteiger charge is 2.13. The van der Waals surface area contributed by atoms with Gasteiger partial charge in [-0.05, 0) is 19.4 Å². The zero-order chi connectivity index (χ0) is 10.7. The van der Waals surface area contributed by atoms with Crippen LogP contribution < -0.4 is 0 Å². The van der Waals surface area contributed by atoms with Crippen LogP contribution in [0.25, 0.3) is 0 Å². The Bertz CT molecular complexity index is 319. The lowest BCUT2D eigenvalue weighted by Crippen LogP contribution is -2.07. The first-order valence-electron chi connectivity index (χ1n) is 5.15. The van der Waals surface area contributed by atoms with Crippen molar-refractivity contribution < 1.29 is 4.79 Å². The third-order valence-electron chi connectivity index (χ3n) is 2.58. The smallest absolute Gasteiger partial charge is 0.139 e. The van der Waals surface area contributed by atoms with Gasteiger partial charge >= 0.3 is 0 Å². The van der Waals surface area contributed by atoms with Gasteiger partial charge in [-0.3, -0.25) is 4.79 Å². The molecule has 1 aromatic carbocycles. The average Bonchev–Trinajstić information content (AvgIpc) is 2.14. The number of carbonyl (C=O) groups is 1. The maximum absolute atomic E-state index is 11.5. The topological polar surface area (TPSA) is 17.1 Å². The van der Waals surface area contributed by atoms with Crippen LogP contribution in [0.1, 0.15) is 42.9 Å². The van der Waals surface area contributed by atoms with Gasteiger partial charge in [-0.15, -0.1) is 0 Å². The molecular weight excluding hydrogens is 172 g/mol. The van der Waals surface area contributed by atoms with Crippen molar-refractivity contribution >= 4 is 5.78 Å². The van der Waals surface area contributed by atoms with Gasteiger partial charge in [0, 0.05) is 12.3 Å². The predicted octanol–water partition coefficient (Wildman–Crippen LogP) is 3.39. The second-order valence-electron chi connectivity index (χ2n) is 3.96. The number of Topliss-reactive ketones (excluding diaryl/α,β-unsaturated/α-hetero) is 1. The van der Waals surface area contributed by atoms with Crippen LogP contribution >= 0.6 is 0 Å². The minimum Gasteiger partial charge on any atom is -0.299 e. The maximum atomic E-state index is 11.5. The van der Waals surface area contributed by atoms with Crippen molar-refractivity contribution in [3.63, 3.8) is 0 Å². The molecule has 1 unspecified atom stereocenters. The normalized spacial score (nSPS) is 12.6. The molecule has 0 heterocycles. The molecular formula is C13H18O. The number of benzene rings is 1. The zero-order valence-corrected chi connectivity index (χ0v) is 9.42. The number of hydrogen-bond donors (Lipinski definition) is 0. The van der Waals surface area contributed by atoms with Crippen molar-refractivity contribution in [3.05, 3.63) is 34.9 Å². The number of hydrogen-bond acceptors (Lipinski definition) is 1. The summed E-state index contributed by atoms with van der Waals surface area (Å²) in [6.07, 6.45) is 0.619. The number of ketones is 1. The van der Waals surface area contributed by atoms with E-state index in [2.05, 4.69) is 32.0 Å². The van der Waals surface area contributed by atoms with Crippen LogP contribution in [0.15, 0.2) is 18.2 Å². The van der Waals surface area contributed by atoms with Gasteiger partial charge in [0.15, 0.2) is 0 Å². The number of carbonyl (C=O) groups excluding carboxylic acids is 1. The van der Waals surface area contributed by atoms with Gasteiger partial charge in [0.05, 0.1) is 0 Å². The van der Waals surface area contributed by atoms with Gasteiger partial charge in [-0.25, -0.2) is 0 Å². The second kappa shape index (κ2) is 4.41. The lowest BCUT2D eigenvalue weighted by Gasteiger charge is -2.11. The Hall–Kier alpha value is -1.11. The highest BCUT2D eigenvalue weighted by atomic mass is 16.1. The van der Waals surface area contributed by atoms with Crippen LogP contribution in [-0.4, -0.2) is 5.78 Å². The van der Waals surface area contributed by atoms with Gasteiger partial charge in [0.2, 0.25) is 0 Å². The minimum absolute atomic E-state index is 0.0404. The van der Waals surface area contributed by atoms with Gasteiger partial charge in [0.25, 0.3) is 0 Å². The molecule has 0 aromatic heterocycles. The first-order valence-corrected chi connectivity index (χ1v) is 5.15. The van der Waals surface area contributed by atoms with Crippen LogP contribution in [0.5, 0.6) is 0 Å². The van der Waals surface area contributed by atoms with Crippen LogP contribution in [-0.2, 0) is 4.79 Å². The molecule has 1 heteroatoms. The molecule has 0 spiro atoms. The van der Waals surface area contributed by atoms with Crippen molar-refractivity contribution in [2.45, 2.75) is 40.0 Å². The molecule has 0 bridgehead atoms. The van der Waals surface area contributed by atoms with Gasteiger partial charge in [0.1, 0.15) is 5.78 Å². The fraction of sp³-hybridized carbons (Fsp3) is 0.462. The summed E-state index contributed by atoms with van der Waals surface area (Å²) in [5, 5.41) is 0. The van der Waals surface area contributed by atoms with Gasteiger partial charge in [-0.2, -0.15) is 0 Å². The fourth-order valence-electron chi connectivity index (χ4n) is 1.75. The summed E-state index contributed by atoms with van der Waals surface area (Å²) >= 11 is 0. The van der Waals surface area contributed by atoms with Crippen LogP contribution in [0, 0.1) is 13.8 Å². The number of rotatable bonds is 3. The third kappa shape index (κ3) is 2.44. The molecule has 0 saturated heterocycles. The molecule has 0 N–H and O–H groups in total. The average molecular weight is 190 g/mol. The summed E-state index contributed by atoms with van der Waals surface area (Å²) in [6.45, 7) is 8.04. The summed E-state index contributed by atoms with van der Waals surface area (Å²) in [7, 11) is 0. The molecule has 1 aromatic rings. The molecule has 14 heavy (non-hydrogen) atoms. The first-order chi connectivity index (χ1) is 6.54. The SMILES string of the molecule is CCC(=O)C(C)c1cc(C)cc(C)c1. The standard InChI is InChI=1S/C13H18O/c1-5-13(14)11(4)12-7-9(2)6-10(3)8-12/h6-8,11H,5H2,1-4H3. The molecule has 1 nitrogen and oxygen atoms in total. The first kappa shape index (κ1) is 11.0. The Morgan fingerprint density at radius 1 is 1.21 bits per heavy atom. The molecule has 0 fully saturated rings. The van der Waals surface area contributed by atoms with E-state index in [1.165, 1.54) is 11.1 Å². The quantitative estimate of drug-likeness (QED) is 0.714. The number of aryl methyl sites for hydroxylation is 2. The monoisotopic (exact) mass is 190 g/mol. The highest BCUT2D eigenvalue weighted by molar-refractivity contribution is 5.85. The molecule has 0 saturated carbocycles. The van der Waals surface area contributed by atoms with Crippen molar-refractivity contribution in [2.75, 3.05) is 0 Å². The van der Waals surface area contributed by atoms with Crippen molar-refractivity contribution in [3.8, 4) is 0 Å². The fourth-order valence-corrected chi connectivity index (χ4v) is 1.75. The molecule has 0 aliphatic carbocycles. The molecule has 76 valence electrons. The minimum atomic E-state index is 0.0404. The van der Waals surface area contributed by atoms with Crippen LogP contribution in [0.4, 0.5) is 0 Å². The predicted molar refractivity (Wildman–Crippen MR) is 59.6 cm³/mol. The Morgan fingerprint density at radius 2 is 1.71 bits per heavy atom. The lowest BCUT2D eigenvalue weighted by atomic mass is 9.93. The largest absolute Gasteiger partial charge is 0.299 e. The molecule has 0 aliphatic rings. The highest BCUT2D eigenvalue weighted by Crippen LogP contribution is 2.20. The molecule has 1 atom stereocenters. The van der Waals surface area contributed by atoms with Crippen molar-refractivity contribution in [2.24, 2.45) is 0 Å². The maximum Gasteiger partial charge on any atom is 0.139 e. The Kier molecular flexibility index (Phi) is 3.45. The van der Waals surface area contributed by atoms with Crippen LogP contribution in [0.2, 0.25) is 0 Å². The summed E-state index contributed by atoms with van der Waals surface area (Å²) < 4.78 is 0. The van der Waals surface area contributed by atoms with E-state index in [4.69, 9.17) is 0 Å². The second-order valence-corrected chi connectivity index (χ2v) is 3.96. The van der Waals surface area contributed by atoms with Crippen molar-refractivity contribution in [1.82, 2.24) is 0 Å². The van der Waals surface area contributed by atoms with Crippen molar-refractivity contribution in [1.29, 1.82) is 0 Å². The Labute approximate surface area is 86.1 Å². The lowest BCUT2D eigenvalue weighted by molar-refractivity contribution is -0.119. The van der Waals surface area contributed by atoms with E-state index >= 15 is 0 Å². The molecule has 0 radical (unpaired) electrons. The van der Waals surface area contributed by atoms with E-state index in [1.807, 2.05) is 13.8 Å². The van der Waals surface area contributed by atoms with E-state index in [9.17, 15) is 4.79 Å². The van der Waals surface area contributed by atoms with Gasteiger partial charge < -0.3 is 0 Å². The van der Waals surface area contributed by atoms with Crippen LogP contribution in [0.3, 0.4) is 0 Å². The van der Waals surface area contributed by atoms with E-state index in [1.54, 1.807) is 0 Å². The molecule has 0 amide bonds. The van der Waals surface area contributed by atoms with E-state index < -0.39 is 0 Å². The summed E-state index contributed by atoms with van der Waals surface area (Å²) in [5.74, 6) is 0.355.